The van der Waals surface area contributed by atoms with Gasteiger partial charge in [0, 0.05) is 31.0 Å². The van der Waals surface area contributed by atoms with E-state index < -0.39 is 10.4 Å². The van der Waals surface area contributed by atoms with Gasteiger partial charge in [-0.3, -0.25) is 10.1 Å². The van der Waals surface area contributed by atoms with Crippen LogP contribution in [0.5, 0.6) is 5.75 Å². The lowest BCUT2D eigenvalue weighted by atomic mass is 10.3. The molecule has 0 aliphatic rings. The molecule has 0 spiro atoms. The van der Waals surface area contributed by atoms with E-state index in [0.29, 0.717) is 12.3 Å². The van der Waals surface area contributed by atoms with Crippen LogP contribution in [0.4, 0.5) is 18.9 Å². The predicted octanol–water partition coefficient (Wildman–Crippen LogP) is 2.82. The molecule has 1 aromatic rings. The Kier molecular flexibility index (Phi) is 6.59. The molecule has 0 saturated carbocycles. The number of non-ortho nitro benzene ring substituents is 1. The largest absolute Gasteiger partial charge is 0.492 e. The normalized spacial score (nSPS) is 11.3. The molecule has 1 N–H and O–H groups in total. The second-order valence-electron chi connectivity index (χ2n) is 3.64. The zero-order chi connectivity index (χ0) is 15.0. The van der Waals surface area contributed by atoms with Crippen molar-refractivity contribution in [3.63, 3.8) is 0 Å². The van der Waals surface area contributed by atoms with Crippen LogP contribution < -0.4 is 10.1 Å². The number of benzene rings is 1. The number of rotatable bonds is 8. The van der Waals surface area contributed by atoms with Gasteiger partial charge in [-0.2, -0.15) is 13.2 Å². The van der Waals surface area contributed by atoms with Crippen LogP contribution in [0.2, 0.25) is 0 Å². The quantitative estimate of drug-likeness (QED) is 0.454. The van der Waals surface area contributed by atoms with Crippen molar-refractivity contribution in [1.82, 2.24) is 5.32 Å². The number of nitrogens with zero attached hydrogens (tertiary/aromatic N) is 1. The van der Waals surface area contributed by atoms with E-state index in [-0.39, 0.29) is 36.4 Å². The van der Waals surface area contributed by atoms with Gasteiger partial charge in [0.05, 0.1) is 4.92 Å². The lowest BCUT2D eigenvalue weighted by Crippen LogP contribution is -2.24. The monoisotopic (exact) mass is 310 g/mol. The SMILES string of the molecule is O=[N+]([O-])c1ccc(OCCNCCSC(F)(F)F)cc1. The Hall–Kier alpha value is -1.48. The Morgan fingerprint density at radius 1 is 1.25 bits per heavy atom. The van der Waals surface area contributed by atoms with Crippen molar-refractivity contribution in [2.75, 3.05) is 25.4 Å². The zero-order valence-electron chi connectivity index (χ0n) is 10.4. The lowest BCUT2D eigenvalue weighted by Gasteiger charge is -2.08. The molecule has 0 aromatic heterocycles. The van der Waals surface area contributed by atoms with Crippen LogP contribution in [0.15, 0.2) is 24.3 Å². The molecule has 0 saturated heterocycles. The molecule has 0 amide bonds. The second-order valence-corrected chi connectivity index (χ2v) is 4.80. The number of hydrogen-bond acceptors (Lipinski definition) is 5. The molecule has 5 nitrogen and oxygen atoms in total. The summed E-state index contributed by atoms with van der Waals surface area (Å²) in [5.41, 5.74) is -4.23. The smallest absolute Gasteiger partial charge is 0.441 e. The van der Waals surface area contributed by atoms with Gasteiger partial charge in [-0.15, -0.1) is 0 Å². The number of thioether (sulfide) groups is 1. The number of nitro benzene ring substituents is 1. The van der Waals surface area contributed by atoms with Crippen molar-refractivity contribution in [1.29, 1.82) is 0 Å². The van der Waals surface area contributed by atoms with Crippen molar-refractivity contribution >= 4 is 17.4 Å². The van der Waals surface area contributed by atoms with E-state index in [2.05, 4.69) is 5.32 Å². The first kappa shape index (κ1) is 16.6. The molecule has 1 aromatic carbocycles. The van der Waals surface area contributed by atoms with Gasteiger partial charge in [-0.1, -0.05) is 0 Å². The van der Waals surface area contributed by atoms with E-state index in [1.54, 1.807) is 0 Å². The third kappa shape index (κ3) is 7.19. The number of nitrogens with one attached hydrogen (secondary N) is 1. The number of hydrogen-bond donors (Lipinski definition) is 1. The van der Waals surface area contributed by atoms with Gasteiger partial charge in [0.15, 0.2) is 0 Å². The first-order chi connectivity index (χ1) is 9.38. The van der Waals surface area contributed by atoms with E-state index in [0.717, 1.165) is 0 Å². The molecule has 0 heterocycles. The molecule has 0 fully saturated rings. The zero-order valence-corrected chi connectivity index (χ0v) is 11.2. The van der Waals surface area contributed by atoms with Crippen molar-refractivity contribution in [3.8, 4) is 5.75 Å². The van der Waals surface area contributed by atoms with Gasteiger partial charge in [0.2, 0.25) is 0 Å². The van der Waals surface area contributed by atoms with Crippen LogP contribution in [0, 0.1) is 10.1 Å². The summed E-state index contributed by atoms with van der Waals surface area (Å²) in [6.45, 7) is 0.900. The average Bonchev–Trinajstić information content (AvgIpc) is 2.37. The Labute approximate surface area is 117 Å². The molecule has 0 unspecified atom stereocenters. The fraction of sp³-hybridized carbons (Fsp3) is 0.455. The first-order valence-corrected chi connectivity index (χ1v) is 6.66. The van der Waals surface area contributed by atoms with Gasteiger partial charge >= 0.3 is 5.51 Å². The molecule has 0 aliphatic heterocycles. The molecular formula is C11H13F3N2O3S. The maximum atomic E-state index is 11.8. The molecule has 0 atom stereocenters. The van der Waals surface area contributed by atoms with E-state index in [1.807, 2.05) is 0 Å². The first-order valence-electron chi connectivity index (χ1n) is 5.67. The molecule has 9 heteroatoms. The number of nitro groups is 1. The topological polar surface area (TPSA) is 64.4 Å². The second kappa shape index (κ2) is 7.95. The van der Waals surface area contributed by atoms with Crippen LogP contribution >= 0.6 is 11.8 Å². The van der Waals surface area contributed by atoms with E-state index in [1.165, 1.54) is 24.3 Å². The highest BCUT2D eigenvalue weighted by Gasteiger charge is 2.27. The molecular weight excluding hydrogens is 297 g/mol. The van der Waals surface area contributed by atoms with Gasteiger partial charge < -0.3 is 10.1 Å². The standard InChI is InChI=1S/C11H13F3N2O3S/c12-11(13,14)20-8-6-15-5-7-19-10-3-1-9(2-4-10)16(17)18/h1-4,15H,5-8H2. The fourth-order valence-corrected chi connectivity index (χ4v) is 1.75. The number of halogens is 3. The summed E-state index contributed by atoms with van der Waals surface area (Å²) in [5, 5.41) is 13.2. The third-order valence-electron chi connectivity index (χ3n) is 2.14. The van der Waals surface area contributed by atoms with Gasteiger partial charge in [0.1, 0.15) is 12.4 Å². The Balaban J connectivity index is 2.11. The average molecular weight is 310 g/mol. The van der Waals surface area contributed by atoms with Gasteiger partial charge in [0.25, 0.3) is 5.69 Å². The molecule has 0 aliphatic carbocycles. The summed E-state index contributed by atoms with van der Waals surface area (Å²) in [7, 11) is 0. The molecule has 0 radical (unpaired) electrons. The molecule has 1 rings (SSSR count). The van der Waals surface area contributed by atoms with Crippen LogP contribution in [-0.4, -0.2) is 35.9 Å². The van der Waals surface area contributed by atoms with Crippen LogP contribution in [0.1, 0.15) is 0 Å². The highest BCUT2D eigenvalue weighted by molar-refractivity contribution is 8.00. The van der Waals surface area contributed by atoms with Gasteiger partial charge in [-0.25, -0.2) is 0 Å². The van der Waals surface area contributed by atoms with Crippen molar-refractivity contribution in [2.45, 2.75) is 5.51 Å². The van der Waals surface area contributed by atoms with Crippen molar-refractivity contribution < 1.29 is 22.8 Å². The highest BCUT2D eigenvalue weighted by Crippen LogP contribution is 2.29. The number of alkyl halides is 3. The Morgan fingerprint density at radius 3 is 2.45 bits per heavy atom. The summed E-state index contributed by atoms with van der Waals surface area (Å²) >= 11 is -0.0749. The predicted molar refractivity (Wildman–Crippen MR) is 70.0 cm³/mol. The molecule has 112 valence electrons. The van der Waals surface area contributed by atoms with E-state index >= 15 is 0 Å². The van der Waals surface area contributed by atoms with Crippen LogP contribution in [0.3, 0.4) is 0 Å². The van der Waals surface area contributed by atoms with Crippen LogP contribution in [0.25, 0.3) is 0 Å². The summed E-state index contributed by atoms with van der Waals surface area (Å²) in [6.07, 6.45) is 0. The van der Waals surface area contributed by atoms with Crippen molar-refractivity contribution in [2.24, 2.45) is 0 Å². The Bertz CT molecular complexity index is 426. The molecule has 20 heavy (non-hydrogen) atoms. The Morgan fingerprint density at radius 2 is 1.90 bits per heavy atom. The highest BCUT2D eigenvalue weighted by atomic mass is 32.2. The van der Waals surface area contributed by atoms with E-state index in [9.17, 15) is 23.3 Å². The third-order valence-corrected chi connectivity index (χ3v) is 2.88. The summed E-state index contributed by atoms with van der Waals surface area (Å²) in [4.78, 5) is 9.91. The maximum Gasteiger partial charge on any atom is 0.441 e. The van der Waals surface area contributed by atoms with Crippen molar-refractivity contribution in [3.05, 3.63) is 34.4 Å². The minimum absolute atomic E-state index is 0.0281. The van der Waals surface area contributed by atoms with E-state index in [4.69, 9.17) is 4.74 Å². The minimum Gasteiger partial charge on any atom is -0.492 e. The fourth-order valence-electron chi connectivity index (χ4n) is 1.27. The minimum atomic E-state index is -4.20. The lowest BCUT2D eigenvalue weighted by molar-refractivity contribution is -0.384. The van der Waals surface area contributed by atoms with Crippen LogP contribution in [-0.2, 0) is 0 Å². The summed E-state index contributed by atoms with van der Waals surface area (Å²) in [5.74, 6) is 0.420. The van der Waals surface area contributed by atoms with Gasteiger partial charge in [-0.05, 0) is 23.9 Å². The summed E-state index contributed by atoms with van der Waals surface area (Å²) in [6, 6.07) is 5.58. The maximum absolute atomic E-state index is 11.8. The summed E-state index contributed by atoms with van der Waals surface area (Å²) < 4.78 is 40.7. The number of ether oxygens (including phenoxy) is 1. The molecule has 0 bridgehead atoms.